The van der Waals surface area contributed by atoms with Gasteiger partial charge in [-0.25, -0.2) is 4.98 Å². The molecule has 1 rings (SSSR count). The molecule has 0 bridgehead atoms. The second-order valence-electron chi connectivity index (χ2n) is 2.72. The second-order valence-corrected chi connectivity index (χ2v) is 3.99. The van der Waals surface area contributed by atoms with Crippen LogP contribution in [-0.2, 0) is 0 Å². The molecule has 2 N–H and O–H groups in total. The highest BCUT2D eigenvalue weighted by atomic mass is 35.5. The molecule has 1 aromatic rings. The van der Waals surface area contributed by atoms with Gasteiger partial charge in [0.2, 0.25) is 0 Å². The third-order valence-corrected chi connectivity index (χ3v) is 2.72. The predicted octanol–water partition coefficient (Wildman–Crippen LogP) is 0.979. The fourth-order valence-corrected chi connectivity index (χ4v) is 1.83. The first-order valence-electron chi connectivity index (χ1n) is 4.01. The van der Waals surface area contributed by atoms with E-state index < -0.39 is 12.2 Å². The quantitative estimate of drug-likeness (QED) is 0.590. The van der Waals surface area contributed by atoms with Gasteiger partial charge in [0.05, 0.1) is 11.8 Å². The Labute approximate surface area is 90.2 Å². The summed E-state index contributed by atoms with van der Waals surface area (Å²) in [5, 5.41) is 20.8. The molecule has 0 radical (unpaired) electrons. The Bertz CT molecular complexity index is 305. The molecule has 0 aliphatic carbocycles. The summed E-state index contributed by atoms with van der Waals surface area (Å²) in [6.07, 6.45) is -1.11. The van der Waals surface area contributed by atoms with Gasteiger partial charge in [0.15, 0.2) is 11.3 Å². The van der Waals surface area contributed by atoms with Crippen molar-refractivity contribution in [3.05, 3.63) is 16.1 Å². The first kappa shape index (κ1) is 11.6. The molecule has 4 nitrogen and oxygen atoms in total. The number of halogens is 1. The number of aromatic nitrogens is 1. The van der Waals surface area contributed by atoms with E-state index in [-0.39, 0.29) is 17.3 Å². The van der Waals surface area contributed by atoms with Crippen LogP contribution >= 0.6 is 22.9 Å². The average Bonchev–Trinajstić information content (AvgIpc) is 2.65. The maximum Gasteiger partial charge on any atom is 0.178 e. The van der Waals surface area contributed by atoms with Gasteiger partial charge in [0, 0.05) is 11.3 Å². The summed E-state index contributed by atoms with van der Waals surface area (Å²) in [7, 11) is 0. The predicted molar refractivity (Wildman–Crippen MR) is 53.8 cm³/mol. The number of hydrogen-bond acceptors (Lipinski definition) is 5. The summed E-state index contributed by atoms with van der Waals surface area (Å²) in [5.74, 6) is 0.267. The standard InChI is InChI=1S/C8H10ClNO3S/c9-2-1-6(12)8(13)5-4-14-7(3-11)10-5/h3-4,6,8,12-13H,1-2H2. The lowest BCUT2D eigenvalue weighted by molar-refractivity contribution is 0.0147. The highest BCUT2D eigenvalue weighted by molar-refractivity contribution is 7.11. The van der Waals surface area contributed by atoms with Gasteiger partial charge in [-0.1, -0.05) is 0 Å². The Morgan fingerprint density at radius 2 is 2.36 bits per heavy atom. The van der Waals surface area contributed by atoms with Gasteiger partial charge in [0.25, 0.3) is 0 Å². The third-order valence-electron chi connectivity index (χ3n) is 1.71. The topological polar surface area (TPSA) is 70.4 Å². The van der Waals surface area contributed by atoms with E-state index in [1.54, 1.807) is 5.38 Å². The zero-order valence-electron chi connectivity index (χ0n) is 7.26. The van der Waals surface area contributed by atoms with Crippen LogP contribution in [0.5, 0.6) is 0 Å². The van der Waals surface area contributed by atoms with Crippen LogP contribution in [0.25, 0.3) is 0 Å². The molecule has 1 heterocycles. The van der Waals surface area contributed by atoms with Gasteiger partial charge in [0.1, 0.15) is 6.10 Å². The van der Waals surface area contributed by atoms with Crippen molar-refractivity contribution in [3.8, 4) is 0 Å². The molecule has 6 heteroatoms. The van der Waals surface area contributed by atoms with E-state index in [1.807, 2.05) is 0 Å². The van der Waals surface area contributed by atoms with E-state index in [2.05, 4.69) is 4.98 Å². The first-order chi connectivity index (χ1) is 6.69. The minimum absolute atomic E-state index is 0.267. The van der Waals surface area contributed by atoms with Crippen LogP contribution < -0.4 is 0 Å². The molecule has 0 spiro atoms. The van der Waals surface area contributed by atoms with Crippen molar-refractivity contribution < 1.29 is 15.0 Å². The maximum atomic E-state index is 10.3. The van der Waals surface area contributed by atoms with E-state index in [9.17, 15) is 15.0 Å². The van der Waals surface area contributed by atoms with Crippen LogP contribution in [0.1, 0.15) is 28.0 Å². The van der Waals surface area contributed by atoms with Crippen molar-refractivity contribution in [2.75, 3.05) is 5.88 Å². The largest absolute Gasteiger partial charge is 0.390 e. The molecule has 14 heavy (non-hydrogen) atoms. The Morgan fingerprint density at radius 3 is 2.86 bits per heavy atom. The monoisotopic (exact) mass is 235 g/mol. The van der Waals surface area contributed by atoms with Crippen LogP contribution in [0.2, 0.25) is 0 Å². The number of carbonyl (C=O) groups is 1. The summed E-state index contributed by atoms with van der Waals surface area (Å²) in [5.41, 5.74) is 0.315. The maximum absolute atomic E-state index is 10.3. The normalized spacial score (nSPS) is 15.1. The molecule has 2 atom stereocenters. The van der Waals surface area contributed by atoms with Crippen molar-refractivity contribution in [2.24, 2.45) is 0 Å². The third kappa shape index (κ3) is 2.75. The van der Waals surface area contributed by atoms with Crippen LogP contribution in [0.15, 0.2) is 5.38 Å². The van der Waals surface area contributed by atoms with Crippen LogP contribution in [0.4, 0.5) is 0 Å². The summed E-state index contributed by atoms with van der Waals surface area (Å²) >= 11 is 6.55. The van der Waals surface area contributed by atoms with Gasteiger partial charge in [-0.15, -0.1) is 22.9 Å². The second kappa shape index (κ2) is 5.41. The van der Waals surface area contributed by atoms with Gasteiger partial charge in [-0.3, -0.25) is 4.79 Å². The van der Waals surface area contributed by atoms with Crippen molar-refractivity contribution in [2.45, 2.75) is 18.6 Å². The van der Waals surface area contributed by atoms with Crippen LogP contribution in [-0.4, -0.2) is 33.5 Å². The summed E-state index contributed by atoms with van der Waals surface area (Å²) in [6, 6.07) is 0. The fourth-order valence-electron chi connectivity index (χ4n) is 0.957. The molecule has 0 saturated heterocycles. The Kier molecular flexibility index (Phi) is 4.47. The van der Waals surface area contributed by atoms with Crippen molar-refractivity contribution in [3.63, 3.8) is 0 Å². The number of carbonyl (C=O) groups excluding carboxylic acids is 1. The molecule has 1 aromatic heterocycles. The molecule has 0 amide bonds. The molecular weight excluding hydrogens is 226 g/mol. The fraction of sp³-hybridized carbons (Fsp3) is 0.500. The summed E-state index contributed by atoms with van der Waals surface area (Å²) < 4.78 is 0. The van der Waals surface area contributed by atoms with E-state index in [4.69, 9.17) is 11.6 Å². The Hall–Kier alpha value is -0.490. The number of rotatable bonds is 5. The van der Waals surface area contributed by atoms with Crippen molar-refractivity contribution in [1.82, 2.24) is 4.98 Å². The molecular formula is C8H10ClNO3S. The minimum atomic E-state index is -1.07. The lowest BCUT2D eigenvalue weighted by atomic mass is 10.1. The highest BCUT2D eigenvalue weighted by Crippen LogP contribution is 2.20. The molecule has 78 valence electrons. The van der Waals surface area contributed by atoms with Crippen LogP contribution in [0, 0.1) is 0 Å². The smallest absolute Gasteiger partial charge is 0.178 e. The van der Waals surface area contributed by atoms with Crippen molar-refractivity contribution in [1.29, 1.82) is 0 Å². The van der Waals surface area contributed by atoms with Crippen molar-refractivity contribution >= 4 is 29.2 Å². The molecule has 0 aromatic carbocycles. The number of nitrogens with zero attached hydrogens (tertiary/aromatic N) is 1. The molecule has 0 saturated carbocycles. The van der Waals surface area contributed by atoms with E-state index in [1.165, 1.54) is 0 Å². The minimum Gasteiger partial charge on any atom is -0.390 e. The number of aldehydes is 1. The summed E-state index contributed by atoms with van der Waals surface area (Å²) in [4.78, 5) is 14.2. The van der Waals surface area contributed by atoms with Gasteiger partial charge >= 0.3 is 0 Å². The van der Waals surface area contributed by atoms with E-state index >= 15 is 0 Å². The number of aliphatic hydroxyl groups is 2. The number of alkyl halides is 1. The SMILES string of the molecule is O=Cc1nc(C(O)C(O)CCCl)cs1. The number of hydrogen-bond donors (Lipinski definition) is 2. The van der Waals surface area contributed by atoms with Gasteiger partial charge < -0.3 is 10.2 Å². The Morgan fingerprint density at radius 1 is 1.64 bits per heavy atom. The highest BCUT2D eigenvalue weighted by Gasteiger charge is 2.20. The number of aliphatic hydroxyl groups excluding tert-OH is 2. The number of thiazole rings is 1. The average molecular weight is 236 g/mol. The molecule has 0 aliphatic heterocycles. The lowest BCUT2D eigenvalue weighted by Crippen LogP contribution is -2.18. The zero-order chi connectivity index (χ0) is 10.6. The zero-order valence-corrected chi connectivity index (χ0v) is 8.83. The van der Waals surface area contributed by atoms with E-state index in [0.717, 1.165) is 11.3 Å². The molecule has 0 fully saturated rings. The first-order valence-corrected chi connectivity index (χ1v) is 5.43. The van der Waals surface area contributed by atoms with Gasteiger partial charge in [-0.05, 0) is 6.42 Å². The van der Waals surface area contributed by atoms with Crippen LogP contribution in [0.3, 0.4) is 0 Å². The Balaban J connectivity index is 2.67. The lowest BCUT2D eigenvalue weighted by Gasteiger charge is -2.14. The summed E-state index contributed by atoms with van der Waals surface area (Å²) in [6.45, 7) is 0. The van der Waals surface area contributed by atoms with Gasteiger partial charge in [-0.2, -0.15) is 0 Å². The molecule has 0 aliphatic rings. The van der Waals surface area contributed by atoms with E-state index in [0.29, 0.717) is 12.0 Å². The molecule has 2 unspecified atom stereocenters.